The highest BCUT2D eigenvalue weighted by molar-refractivity contribution is 7.91. The van der Waals surface area contributed by atoms with Crippen molar-refractivity contribution < 1.29 is 13.3 Å². The Bertz CT molecular complexity index is 1200. The zero-order valence-electron chi connectivity index (χ0n) is 19.4. The molecule has 1 atom stereocenters. The molecule has 0 radical (unpaired) electrons. The van der Waals surface area contributed by atoms with Gasteiger partial charge in [0.05, 0.1) is 11.2 Å². The summed E-state index contributed by atoms with van der Waals surface area (Å²) in [6.45, 7) is 11.9. The maximum Gasteiger partial charge on any atom is 0.251 e. The number of rotatable bonds is 3. The Balaban J connectivity index is 1.94. The van der Waals surface area contributed by atoms with Gasteiger partial charge in [-0.15, -0.1) is 0 Å². The van der Waals surface area contributed by atoms with Gasteiger partial charge in [-0.1, -0.05) is 4.40 Å². The van der Waals surface area contributed by atoms with Crippen LogP contribution in [0.2, 0.25) is 0 Å². The van der Waals surface area contributed by atoms with E-state index in [-0.39, 0.29) is 25.9 Å². The van der Waals surface area contributed by atoms with Gasteiger partial charge in [0.2, 0.25) is 5.95 Å². The van der Waals surface area contributed by atoms with E-state index in [2.05, 4.69) is 9.38 Å². The lowest BCUT2D eigenvalue weighted by Gasteiger charge is -2.33. The first-order valence-electron chi connectivity index (χ1n) is 10.8. The molecule has 0 spiro atoms. The molecule has 4 rings (SSSR count). The number of benzene rings is 1. The van der Waals surface area contributed by atoms with E-state index in [1.165, 1.54) is 0 Å². The van der Waals surface area contributed by atoms with Gasteiger partial charge in [0, 0.05) is 48.8 Å². The van der Waals surface area contributed by atoms with Crippen LogP contribution in [-0.2, 0) is 11.4 Å². The summed E-state index contributed by atoms with van der Waals surface area (Å²) in [6.07, 6.45) is 1.37. The van der Waals surface area contributed by atoms with Crippen molar-refractivity contribution in [3.05, 3.63) is 35.2 Å². The second-order valence-electron chi connectivity index (χ2n) is 9.56. The maximum atomic E-state index is 13.8. The highest BCUT2D eigenvalue weighted by Crippen LogP contribution is 2.33. The second-order valence-corrected chi connectivity index (χ2v) is 11.5. The summed E-state index contributed by atoms with van der Waals surface area (Å²) >= 11 is -1.41. The third-order valence-electron chi connectivity index (χ3n) is 5.76. The minimum atomic E-state index is -2.64. The van der Waals surface area contributed by atoms with Crippen LogP contribution in [0.5, 0.6) is 0 Å². The molecule has 1 aliphatic heterocycles. The molecule has 1 aromatic carbocycles. The number of imidazole rings is 1. The molecule has 3 heterocycles. The minimum Gasteiger partial charge on any atom is -0.591 e. The summed E-state index contributed by atoms with van der Waals surface area (Å²) < 4.78 is 46.2. The van der Waals surface area contributed by atoms with Crippen molar-refractivity contribution in [2.75, 3.05) is 18.0 Å². The molecule has 1 saturated heterocycles. The molecular weight excluding hydrogens is 432 g/mol. The number of halogens is 2. The van der Waals surface area contributed by atoms with Crippen LogP contribution in [0.25, 0.3) is 16.6 Å². The predicted molar refractivity (Wildman–Crippen MR) is 126 cm³/mol. The molecule has 0 N–H and O–H groups in total. The summed E-state index contributed by atoms with van der Waals surface area (Å²) in [7, 11) is 0. The summed E-state index contributed by atoms with van der Waals surface area (Å²) in [5, 5.41) is 0.857. The molecule has 172 valence electrons. The number of alkyl halides is 2. The SMILES string of the molecule is CC(=N[S+]([O-])C(C)(C)C)c1cc(C)cc2c1nc(N1CCC(F)(F)CC1)n1c(C)cnc21. The van der Waals surface area contributed by atoms with E-state index in [0.29, 0.717) is 17.2 Å². The summed E-state index contributed by atoms with van der Waals surface area (Å²) in [5.41, 5.74) is 4.73. The first-order chi connectivity index (χ1) is 14.9. The number of hydrogen-bond donors (Lipinski definition) is 0. The Morgan fingerprint density at radius 1 is 1.19 bits per heavy atom. The van der Waals surface area contributed by atoms with E-state index in [1.807, 2.05) is 63.0 Å². The van der Waals surface area contributed by atoms with Crippen molar-refractivity contribution in [1.29, 1.82) is 0 Å². The fourth-order valence-corrected chi connectivity index (χ4v) is 4.55. The lowest BCUT2D eigenvalue weighted by molar-refractivity contribution is -0.0222. The number of nitrogens with zero attached hydrogens (tertiary/aromatic N) is 5. The van der Waals surface area contributed by atoms with E-state index in [0.717, 1.165) is 27.9 Å². The largest absolute Gasteiger partial charge is 0.591 e. The van der Waals surface area contributed by atoms with Gasteiger partial charge in [0.25, 0.3) is 5.92 Å². The molecular formula is C23H29F2N5OS. The molecule has 0 amide bonds. The first kappa shape index (κ1) is 22.9. The van der Waals surface area contributed by atoms with Gasteiger partial charge in [0.1, 0.15) is 21.8 Å². The Morgan fingerprint density at radius 2 is 1.84 bits per heavy atom. The molecule has 0 aliphatic carbocycles. The Hall–Kier alpha value is -2.26. The van der Waals surface area contributed by atoms with E-state index in [9.17, 15) is 13.3 Å². The summed E-state index contributed by atoms with van der Waals surface area (Å²) in [5.74, 6) is -2.04. The summed E-state index contributed by atoms with van der Waals surface area (Å²) in [6, 6.07) is 4.00. The van der Waals surface area contributed by atoms with Gasteiger partial charge in [-0.25, -0.2) is 18.7 Å². The quantitative estimate of drug-likeness (QED) is 0.406. The molecule has 6 nitrogen and oxygen atoms in total. The summed E-state index contributed by atoms with van der Waals surface area (Å²) in [4.78, 5) is 11.5. The van der Waals surface area contributed by atoms with Crippen LogP contribution in [-0.4, -0.2) is 48.4 Å². The molecule has 0 bridgehead atoms. The molecule has 3 aromatic rings. The molecule has 32 heavy (non-hydrogen) atoms. The van der Waals surface area contributed by atoms with Gasteiger partial charge >= 0.3 is 0 Å². The zero-order chi connectivity index (χ0) is 23.4. The standard InChI is InChI=1S/C23H29F2N5OS/c1-14-11-17(16(3)28-32(31)22(4,5)6)19-18(12-14)20-26-13-15(2)30(20)21(27-19)29-9-7-23(24,25)8-10-29/h11-13H,7-10H2,1-6H3. The van der Waals surface area contributed by atoms with Crippen LogP contribution in [0, 0.1) is 13.8 Å². The number of fused-ring (bicyclic) bond motifs is 3. The van der Waals surface area contributed by atoms with Crippen molar-refractivity contribution in [3.63, 3.8) is 0 Å². The average molecular weight is 462 g/mol. The lowest BCUT2D eigenvalue weighted by Crippen LogP contribution is -2.40. The third-order valence-corrected chi connectivity index (χ3v) is 7.24. The van der Waals surface area contributed by atoms with E-state index in [4.69, 9.17) is 4.98 Å². The minimum absolute atomic E-state index is 0.201. The van der Waals surface area contributed by atoms with Crippen LogP contribution in [0.4, 0.5) is 14.7 Å². The monoisotopic (exact) mass is 461 g/mol. The Kier molecular flexibility index (Phi) is 5.69. The first-order valence-corrected chi connectivity index (χ1v) is 11.9. The molecule has 9 heteroatoms. The van der Waals surface area contributed by atoms with Gasteiger partial charge in [-0.05, 0) is 59.2 Å². The topological polar surface area (TPSA) is 68.9 Å². The molecule has 2 aromatic heterocycles. The van der Waals surface area contributed by atoms with Crippen molar-refractivity contribution in [2.45, 2.75) is 65.1 Å². The number of aryl methyl sites for hydroxylation is 2. The zero-order valence-corrected chi connectivity index (χ0v) is 20.2. The fraction of sp³-hybridized carbons (Fsp3) is 0.522. The van der Waals surface area contributed by atoms with Gasteiger partial charge in [-0.2, -0.15) is 0 Å². The third kappa shape index (κ3) is 4.20. The molecule has 1 fully saturated rings. The number of hydrogen-bond acceptors (Lipinski definition) is 5. The normalized spacial score (nSPS) is 18.5. The van der Waals surface area contributed by atoms with E-state index in [1.54, 1.807) is 6.20 Å². The lowest BCUT2D eigenvalue weighted by atomic mass is 10.0. The average Bonchev–Trinajstić information content (AvgIpc) is 3.08. The predicted octanol–water partition coefficient (Wildman–Crippen LogP) is 5.01. The van der Waals surface area contributed by atoms with Crippen LogP contribution in [0.15, 0.2) is 22.7 Å². The van der Waals surface area contributed by atoms with Gasteiger partial charge < -0.3 is 9.45 Å². The number of piperidine rings is 1. The second kappa shape index (κ2) is 7.95. The van der Waals surface area contributed by atoms with Crippen molar-refractivity contribution >= 4 is 39.6 Å². The van der Waals surface area contributed by atoms with Crippen molar-refractivity contribution in [2.24, 2.45) is 4.40 Å². The van der Waals surface area contributed by atoms with Crippen molar-refractivity contribution in [3.8, 4) is 0 Å². The van der Waals surface area contributed by atoms with Crippen LogP contribution < -0.4 is 4.90 Å². The maximum absolute atomic E-state index is 13.8. The molecule has 1 aliphatic rings. The van der Waals surface area contributed by atoms with Gasteiger partial charge in [-0.3, -0.25) is 4.40 Å². The number of anilines is 1. The van der Waals surface area contributed by atoms with Crippen LogP contribution in [0.1, 0.15) is 57.4 Å². The van der Waals surface area contributed by atoms with Crippen LogP contribution >= 0.6 is 0 Å². The Labute approximate surface area is 190 Å². The highest BCUT2D eigenvalue weighted by Gasteiger charge is 2.35. The molecule has 1 unspecified atom stereocenters. The van der Waals surface area contributed by atoms with Gasteiger partial charge in [0.15, 0.2) is 0 Å². The smallest absolute Gasteiger partial charge is 0.251 e. The fourth-order valence-electron chi connectivity index (χ4n) is 3.93. The van der Waals surface area contributed by atoms with E-state index < -0.39 is 22.0 Å². The van der Waals surface area contributed by atoms with E-state index >= 15 is 0 Å². The Morgan fingerprint density at radius 3 is 2.47 bits per heavy atom. The van der Waals surface area contributed by atoms with Crippen LogP contribution in [0.3, 0.4) is 0 Å². The highest BCUT2D eigenvalue weighted by atomic mass is 32.2. The molecule has 0 saturated carbocycles. The van der Waals surface area contributed by atoms with Crippen molar-refractivity contribution in [1.82, 2.24) is 14.4 Å². The number of aromatic nitrogens is 3.